The minimum Gasteiger partial charge on any atom is -0.394 e. The van der Waals surface area contributed by atoms with Gasteiger partial charge in [0.2, 0.25) is 11.8 Å². The van der Waals surface area contributed by atoms with Gasteiger partial charge < -0.3 is 108 Å². The number of aliphatic hydroxyl groups excluding tert-OH is 8. The van der Waals surface area contributed by atoms with Crippen molar-refractivity contribution in [2.45, 2.75) is 242 Å². The van der Waals surface area contributed by atoms with Crippen LogP contribution in [-0.4, -0.2) is 318 Å². The third-order valence-electron chi connectivity index (χ3n) is 20.8. The maximum absolute atomic E-state index is 12.1. The van der Waals surface area contributed by atoms with Gasteiger partial charge in [0.25, 0.3) is 0 Å². The average molecular weight is 1950 g/mol. The van der Waals surface area contributed by atoms with Gasteiger partial charge in [-0.1, -0.05) is 132 Å². The minimum atomic E-state index is -1.46. The Morgan fingerprint density at radius 2 is 0.585 bits per heavy atom. The number of rotatable bonds is 71. The van der Waals surface area contributed by atoms with Crippen molar-refractivity contribution < 1.29 is 141 Å². The first kappa shape index (κ1) is 115. The average Bonchev–Trinajstić information content (AvgIpc) is 1.13. The normalized spacial score (nSPS) is 21.5. The predicted octanol–water partition coefficient (Wildman–Crippen LogP) is 5.01. The molecule has 4 saturated carbocycles. The molecule has 0 bridgehead atoms. The van der Waals surface area contributed by atoms with Gasteiger partial charge in [0.1, 0.15) is 60.2 Å². The van der Waals surface area contributed by atoms with E-state index in [0.717, 1.165) is 49.3 Å². The molecule has 0 unspecified atom stereocenters. The fraction of sp³-hybridized carbons (Fsp3) is 0.667. The second-order valence-electron chi connectivity index (χ2n) is 31.4. The molecular formula is C90H140Fe2N14O22S2+4. The van der Waals surface area contributed by atoms with E-state index in [1.165, 1.54) is 126 Å². The molecule has 4 aliphatic carbocycles. The molecule has 726 valence electrons. The SMILES string of the molecule is O=C(CCc1cn(C[C]2[CH][CH][CH][CH]2)nn1)NCCOCCOCCOCCOCCCCCCCCCCCSSCCCCCCCCCCCOCCOCCOCCOCCNC(=O)CCc1cn(C[C]2[CH][CH][CH][CH]2)nn1.OC[C@H]1O[C@H](OCc2cn(C[C]3[CH][CH][CH][CH]3)nn2)[C@@H](O)[C@@H](O)[C@@H]1O.OC[C@H]1O[C@H](OCc2cn(C[C]3[CH][CH][CH][CH]3)nn2)[C@@H](O)[C@@H](O)[C@@H]1O.[Fe+2].[Fe+2]. The Bertz CT molecular complexity index is 3150. The van der Waals surface area contributed by atoms with Crippen molar-refractivity contribution in [3.05, 3.63) is 174 Å². The molecule has 2 saturated heterocycles. The molecule has 20 radical (unpaired) electrons. The molecule has 10 atom stereocenters. The number of aliphatic hydroxyl groups is 8. The van der Waals surface area contributed by atoms with Gasteiger partial charge in [-0.05, 0) is 128 Å². The number of nitrogens with one attached hydrogen (secondary N) is 2. The Hall–Kier alpha value is -3.56. The van der Waals surface area contributed by atoms with Crippen molar-refractivity contribution in [3.63, 3.8) is 0 Å². The monoisotopic (exact) mass is 1940 g/mol. The van der Waals surface area contributed by atoms with E-state index in [9.17, 15) is 40.2 Å². The zero-order valence-electron chi connectivity index (χ0n) is 74.9. The van der Waals surface area contributed by atoms with Crippen molar-refractivity contribution in [1.82, 2.24) is 70.6 Å². The van der Waals surface area contributed by atoms with Crippen LogP contribution in [0.1, 0.15) is 151 Å². The van der Waals surface area contributed by atoms with Crippen LogP contribution in [0, 0.1) is 126 Å². The van der Waals surface area contributed by atoms with Crippen LogP contribution in [0.15, 0.2) is 24.8 Å². The molecule has 2 amide bonds. The number of aryl methyl sites for hydroxylation is 2. The van der Waals surface area contributed by atoms with Gasteiger partial charge in [-0.2, -0.15) is 0 Å². The molecule has 4 aromatic rings. The van der Waals surface area contributed by atoms with Crippen LogP contribution in [0.2, 0.25) is 0 Å². The summed E-state index contributed by atoms with van der Waals surface area (Å²) in [4.78, 5) is 24.3. The van der Waals surface area contributed by atoms with E-state index in [2.05, 4.69) is 99.2 Å². The second kappa shape index (κ2) is 73.6. The standard InChI is InChI=1S/C60H100N8O10S2.2C15H20N3O6.2Fe/c69-59(29-27-57-53-67(65-63-57)51-55-23-15-16-24-55)61-31-35-73-39-43-77-47-45-75-41-37-71-33-19-11-7-3-1-5-9-13-21-49-79-80-50-22-14-10-6-2-4-8-12-20-34-72-38-42-76-46-48-78-44-40-74-36-32-62-60(70)30-28-58-54-68(66-64-58)52-56-25-17-18-26-56;2*19-7-11-12(20)13(21)14(22)15(24-11)23-8-10-6-18(17-16-10)5-9-3-1-2-4-9;;/h15-18,23-26,53-54H,1-14,19-22,27-52H2,(H,61,69)(H,62,70);2*1-4,6,11-15,19-22H,5,7-8H2;;/q;;;2*+2/t;2*11-,12-,13+,14+,15+;;/m.11../s1. The summed E-state index contributed by atoms with van der Waals surface area (Å²) in [5.74, 6) is 7.09. The first-order valence-electron chi connectivity index (χ1n) is 45.4. The second-order valence-corrected chi connectivity index (χ2v) is 34.1. The molecule has 6 fully saturated rings. The van der Waals surface area contributed by atoms with Crippen LogP contribution < -0.4 is 10.6 Å². The van der Waals surface area contributed by atoms with E-state index in [1.807, 2.05) is 89.4 Å². The first-order chi connectivity index (χ1) is 62.8. The number of aromatic nitrogens is 12. The van der Waals surface area contributed by atoms with E-state index < -0.39 is 74.6 Å². The smallest absolute Gasteiger partial charge is 0.394 e. The molecule has 10 rings (SSSR count). The molecule has 6 heterocycles. The van der Waals surface area contributed by atoms with Gasteiger partial charge in [0.15, 0.2) is 12.6 Å². The summed E-state index contributed by atoms with van der Waals surface area (Å²) in [6.07, 6.45) is 51.6. The van der Waals surface area contributed by atoms with Crippen LogP contribution in [0.4, 0.5) is 0 Å². The van der Waals surface area contributed by atoms with Crippen LogP contribution in [-0.2, 0) is 153 Å². The predicted molar refractivity (Wildman–Crippen MR) is 476 cm³/mol. The summed E-state index contributed by atoms with van der Waals surface area (Å²) in [7, 11) is 4.16. The zero-order valence-corrected chi connectivity index (χ0v) is 78.7. The Balaban J connectivity index is 0.000000415. The third-order valence-corrected chi connectivity index (χ3v) is 23.4. The number of unbranched alkanes of at least 4 members (excludes halogenated alkanes) is 16. The number of amides is 2. The van der Waals surface area contributed by atoms with Crippen LogP contribution in [0.25, 0.3) is 0 Å². The number of carbonyl (C=O) groups is 2. The van der Waals surface area contributed by atoms with Gasteiger partial charge in [-0.25, -0.2) is 0 Å². The number of nitrogens with zero attached hydrogens (tertiary/aromatic N) is 12. The molecule has 40 heteroatoms. The van der Waals surface area contributed by atoms with Crippen molar-refractivity contribution in [3.8, 4) is 0 Å². The molecule has 0 spiro atoms. The maximum Gasteiger partial charge on any atom is 2.00 e. The van der Waals surface area contributed by atoms with Crippen molar-refractivity contribution in [2.24, 2.45) is 0 Å². The van der Waals surface area contributed by atoms with Crippen LogP contribution in [0.5, 0.6) is 0 Å². The summed E-state index contributed by atoms with van der Waals surface area (Å²) >= 11 is 0. The van der Waals surface area contributed by atoms with E-state index in [4.69, 9.17) is 67.1 Å². The number of hydrogen-bond acceptors (Lipinski definition) is 32. The van der Waals surface area contributed by atoms with Crippen molar-refractivity contribution in [1.29, 1.82) is 0 Å². The summed E-state index contributed by atoms with van der Waals surface area (Å²) in [6, 6.07) is 0. The molecule has 10 N–H and O–H groups in total. The summed E-state index contributed by atoms with van der Waals surface area (Å²) in [5, 5.41) is 115. The van der Waals surface area contributed by atoms with E-state index in [-0.39, 0.29) is 59.2 Å². The molecule has 0 aromatic carbocycles. The Morgan fingerprint density at radius 1 is 0.331 bits per heavy atom. The zero-order chi connectivity index (χ0) is 90.3. The van der Waals surface area contributed by atoms with Crippen LogP contribution in [0.3, 0.4) is 0 Å². The molecule has 4 aromatic heterocycles. The summed E-state index contributed by atoms with van der Waals surface area (Å²) in [5.41, 5.74) is 2.68. The molecule has 6 aliphatic rings. The van der Waals surface area contributed by atoms with E-state index >= 15 is 0 Å². The number of ether oxygens (including phenoxy) is 12. The molecule has 130 heavy (non-hydrogen) atoms. The topological polar surface area (TPSA) is 454 Å². The minimum absolute atomic E-state index is 0. The Morgan fingerprint density at radius 3 is 0.877 bits per heavy atom. The number of hydrogen-bond donors (Lipinski definition) is 10. The number of carbonyl (C=O) groups excluding carboxylic acids is 2. The summed E-state index contributed by atoms with van der Waals surface area (Å²) < 4.78 is 73.2. The Kier molecular flexibility index (Phi) is 65.2. The van der Waals surface area contributed by atoms with E-state index in [1.54, 1.807) is 31.1 Å². The van der Waals surface area contributed by atoms with E-state index in [0.29, 0.717) is 169 Å². The van der Waals surface area contributed by atoms with Gasteiger partial charge in [0, 0.05) is 126 Å². The van der Waals surface area contributed by atoms with Crippen LogP contribution >= 0.6 is 21.6 Å². The Labute approximate surface area is 800 Å². The van der Waals surface area contributed by atoms with Gasteiger partial charge in [-0.15, -0.1) is 20.4 Å². The van der Waals surface area contributed by atoms with Gasteiger partial charge in [-0.3, -0.25) is 28.3 Å². The molecule has 36 nitrogen and oxygen atoms in total. The van der Waals surface area contributed by atoms with Gasteiger partial charge in [0.05, 0.1) is 143 Å². The third kappa shape index (κ3) is 50.7. The maximum atomic E-state index is 12.1. The molecular weight excluding hydrogens is 1800 g/mol. The molecule has 2 aliphatic heterocycles. The summed E-state index contributed by atoms with van der Waals surface area (Å²) in [6.45, 7) is 11.5. The largest absolute Gasteiger partial charge is 2.00 e. The van der Waals surface area contributed by atoms with Gasteiger partial charge >= 0.3 is 34.1 Å². The fourth-order valence-electron chi connectivity index (χ4n) is 13.6. The quantitative estimate of drug-likeness (QED) is 0.0158. The fourth-order valence-corrected chi connectivity index (χ4v) is 15.9. The first-order valence-corrected chi connectivity index (χ1v) is 47.9. The van der Waals surface area contributed by atoms with Crippen molar-refractivity contribution in [2.75, 3.05) is 144 Å². The van der Waals surface area contributed by atoms with Crippen molar-refractivity contribution >= 4 is 33.4 Å².